The molecule has 0 bridgehead atoms. The van der Waals surface area contributed by atoms with Gasteiger partial charge in [0, 0.05) is 25.4 Å². The maximum atomic E-state index is 12.1. The van der Waals surface area contributed by atoms with Crippen LogP contribution in [0.25, 0.3) is 0 Å². The number of rotatable bonds is 5. The maximum Gasteiger partial charge on any atom is 0.263 e. The number of hydrogen-bond acceptors (Lipinski definition) is 4. The second kappa shape index (κ2) is 6.02. The summed E-state index contributed by atoms with van der Waals surface area (Å²) in [4.78, 5) is 23.3. The number of aryl methyl sites for hydroxylation is 1. The van der Waals surface area contributed by atoms with Gasteiger partial charge in [0.2, 0.25) is 0 Å². The van der Waals surface area contributed by atoms with Crippen LogP contribution in [0.3, 0.4) is 0 Å². The lowest BCUT2D eigenvalue weighted by Crippen LogP contribution is -2.28. The molecule has 2 rings (SSSR count). The monoisotopic (exact) mass is 264 g/mol. The van der Waals surface area contributed by atoms with Crippen molar-refractivity contribution >= 4 is 12.0 Å². The zero-order valence-electron chi connectivity index (χ0n) is 11.4. The van der Waals surface area contributed by atoms with Gasteiger partial charge in [-0.25, -0.2) is 0 Å². The highest BCUT2D eigenvalue weighted by molar-refractivity contribution is 5.83. The van der Waals surface area contributed by atoms with Crippen LogP contribution in [-0.2, 0) is 11.3 Å². The van der Waals surface area contributed by atoms with Gasteiger partial charge in [-0.05, 0) is 32.8 Å². The van der Waals surface area contributed by atoms with Gasteiger partial charge in [0.15, 0.2) is 6.29 Å². The molecule has 1 aromatic heterocycles. The molecule has 0 aromatic carbocycles. The molecule has 104 valence electrons. The number of ether oxygens (including phenoxy) is 1. The summed E-state index contributed by atoms with van der Waals surface area (Å²) in [6, 6.07) is 1.85. The predicted octanol–water partition coefficient (Wildman–Crippen LogP) is 1.58. The Hall–Kier alpha value is -1.62. The lowest BCUT2D eigenvalue weighted by Gasteiger charge is -2.16. The number of carbonyl (C=O) groups excluding carboxylic acids is 1. The third kappa shape index (κ3) is 2.87. The van der Waals surface area contributed by atoms with Gasteiger partial charge in [0.25, 0.3) is 5.56 Å². The molecular formula is C14H20N2O3. The molecular weight excluding hydrogens is 244 g/mol. The van der Waals surface area contributed by atoms with Crippen LogP contribution in [0.5, 0.6) is 0 Å². The molecule has 1 saturated heterocycles. The predicted molar refractivity (Wildman–Crippen MR) is 74.0 cm³/mol. The molecule has 0 spiro atoms. The maximum absolute atomic E-state index is 12.1. The summed E-state index contributed by atoms with van der Waals surface area (Å²) < 4.78 is 7.12. The van der Waals surface area contributed by atoms with Gasteiger partial charge in [-0.2, -0.15) is 0 Å². The molecule has 1 fully saturated rings. The number of pyridine rings is 1. The summed E-state index contributed by atoms with van der Waals surface area (Å²) in [6.07, 6.45) is 2.90. The highest BCUT2D eigenvalue weighted by Gasteiger charge is 2.17. The first kappa shape index (κ1) is 13.8. The Morgan fingerprint density at radius 1 is 1.58 bits per heavy atom. The number of nitrogens with zero attached hydrogens (tertiary/aromatic N) is 1. The molecule has 0 aliphatic carbocycles. The summed E-state index contributed by atoms with van der Waals surface area (Å²) >= 11 is 0. The summed E-state index contributed by atoms with van der Waals surface area (Å²) in [5, 5.41) is 3.17. The average molecular weight is 264 g/mol. The number of aromatic nitrogens is 1. The number of anilines is 1. The third-order valence-electron chi connectivity index (χ3n) is 3.52. The van der Waals surface area contributed by atoms with E-state index in [-0.39, 0.29) is 17.2 Å². The van der Waals surface area contributed by atoms with E-state index in [1.807, 2.05) is 19.9 Å². The number of nitrogens with one attached hydrogen (secondary N) is 1. The molecule has 19 heavy (non-hydrogen) atoms. The number of aldehydes is 1. The summed E-state index contributed by atoms with van der Waals surface area (Å²) in [5.41, 5.74) is 1.43. The van der Waals surface area contributed by atoms with Gasteiger partial charge >= 0.3 is 0 Å². The second-order valence-electron chi connectivity index (χ2n) is 4.80. The fraction of sp³-hybridized carbons (Fsp3) is 0.571. The van der Waals surface area contributed by atoms with Crippen LogP contribution < -0.4 is 10.9 Å². The lowest BCUT2D eigenvalue weighted by molar-refractivity contribution is 0.112. The molecule has 5 nitrogen and oxygen atoms in total. The number of hydrogen-bond donors (Lipinski definition) is 1. The SMILES string of the molecule is CCn1c(C)cc(NCC2CCCO2)c(C=O)c1=O. The summed E-state index contributed by atoms with van der Waals surface area (Å²) in [5.74, 6) is 0. The second-order valence-corrected chi connectivity index (χ2v) is 4.80. The van der Waals surface area contributed by atoms with Crippen molar-refractivity contribution in [2.75, 3.05) is 18.5 Å². The van der Waals surface area contributed by atoms with Crippen molar-refractivity contribution in [3.63, 3.8) is 0 Å². The molecule has 2 heterocycles. The molecule has 1 aliphatic heterocycles. The van der Waals surface area contributed by atoms with Crippen molar-refractivity contribution in [1.29, 1.82) is 0 Å². The van der Waals surface area contributed by atoms with Crippen LogP contribution in [0.4, 0.5) is 5.69 Å². The Kier molecular flexibility index (Phi) is 4.37. The van der Waals surface area contributed by atoms with Gasteiger partial charge in [-0.1, -0.05) is 0 Å². The Balaban J connectivity index is 2.23. The molecule has 0 radical (unpaired) electrons. The smallest absolute Gasteiger partial charge is 0.263 e. The van der Waals surface area contributed by atoms with Crippen molar-refractivity contribution in [2.24, 2.45) is 0 Å². The van der Waals surface area contributed by atoms with Crippen molar-refractivity contribution in [3.8, 4) is 0 Å². The minimum absolute atomic E-state index is 0.174. The summed E-state index contributed by atoms with van der Waals surface area (Å²) in [6.45, 7) is 5.76. The van der Waals surface area contributed by atoms with Gasteiger partial charge in [0.1, 0.15) is 5.56 Å². The van der Waals surface area contributed by atoms with Crippen LogP contribution in [0.15, 0.2) is 10.9 Å². The Morgan fingerprint density at radius 2 is 2.37 bits per heavy atom. The molecule has 1 aromatic rings. The molecule has 5 heteroatoms. The Labute approximate surface area is 112 Å². The third-order valence-corrected chi connectivity index (χ3v) is 3.52. The molecule has 1 unspecified atom stereocenters. The largest absolute Gasteiger partial charge is 0.382 e. The lowest BCUT2D eigenvalue weighted by atomic mass is 10.2. The summed E-state index contributed by atoms with van der Waals surface area (Å²) in [7, 11) is 0. The van der Waals surface area contributed by atoms with E-state index in [2.05, 4.69) is 5.32 Å². The van der Waals surface area contributed by atoms with E-state index in [0.29, 0.717) is 25.1 Å². The Morgan fingerprint density at radius 3 is 2.95 bits per heavy atom. The van der Waals surface area contributed by atoms with Crippen LogP contribution >= 0.6 is 0 Å². The first-order chi connectivity index (χ1) is 9.17. The fourth-order valence-electron chi connectivity index (χ4n) is 2.47. The zero-order valence-corrected chi connectivity index (χ0v) is 11.4. The minimum Gasteiger partial charge on any atom is -0.382 e. The van der Waals surface area contributed by atoms with Gasteiger partial charge in [-0.15, -0.1) is 0 Å². The number of carbonyl (C=O) groups is 1. The van der Waals surface area contributed by atoms with Gasteiger partial charge < -0.3 is 14.6 Å². The quantitative estimate of drug-likeness (QED) is 0.820. The van der Waals surface area contributed by atoms with Crippen molar-refractivity contribution in [1.82, 2.24) is 4.57 Å². The van der Waals surface area contributed by atoms with Crippen LogP contribution in [0.1, 0.15) is 35.8 Å². The van der Waals surface area contributed by atoms with Gasteiger partial charge in [0.05, 0.1) is 11.8 Å². The molecule has 1 atom stereocenters. The first-order valence-electron chi connectivity index (χ1n) is 6.72. The van der Waals surface area contributed by atoms with E-state index in [1.165, 1.54) is 0 Å². The van der Waals surface area contributed by atoms with Gasteiger partial charge in [-0.3, -0.25) is 9.59 Å². The first-order valence-corrected chi connectivity index (χ1v) is 6.72. The van der Waals surface area contributed by atoms with Crippen LogP contribution in [0.2, 0.25) is 0 Å². The fourth-order valence-corrected chi connectivity index (χ4v) is 2.47. The molecule has 0 amide bonds. The molecule has 1 aliphatic rings. The normalized spacial score (nSPS) is 18.5. The van der Waals surface area contributed by atoms with Crippen LogP contribution in [0, 0.1) is 6.92 Å². The highest BCUT2D eigenvalue weighted by Crippen LogP contribution is 2.16. The van der Waals surface area contributed by atoms with E-state index in [4.69, 9.17) is 4.74 Å². The van der Waals surface area contributed by atoms with Crippen LogP contribution in [-0.4, -0.2) is 30.1 Å². The zero-order chi connectivity index (χ0) is 13.8. The molecule has 1 N–H and O–H groups in total. The van der Waals surface area contributed by atoms with E-state index in [9.17, 15) is 9.59 Å². The van der Waals surface area contributed by atoms with Crippen molar-refractivity contribution in [3.05, 3.63) is 27.7 Å². The highest BCUT2D eigenvalue weighted by atomic mass is 16.5. The van der Waals surface area contributed by atoms with E-state index in [1.54, 1.807) is 4.57 Å². The van der Waals surface area contributed by atoms with Crippen molar-refractivity contribution < 1.29 is 9.53 Å². The average Bonchev–Trinajstić information content (AvgIpc) is 2.89. The topological polar surface area (TPSA) is 60.3 Å². The molecule has 0 saturated carbocycles. The van der Waals surface area contributed by atoms with Crippen molar-refractivity contribution in [2.45, 2.75) is 39.3 Å². The van der Waals surface area contributed by atoms with E-state index in [0.717, 1.165) is 25.1 Å². The standard InChI is InChI=1S/C14H20N2O3/c1-3-16-10(2)7-13(12(9-17)14(16)18)15-8-11-5-4-6-19-11/h7,9,11,15H,3-6,8H2,1-2H3. The minimum atomic E-state index is -0.229. The Bertz CT molecular complexity index is 516. The van der Waals surface area contributed by atoms with E-state index < -0.39 is 0 Å². The van der Waals surface area contributed by atoms with E-state index >= 15 is 0 Å².